The number of anilines is 1. The van der Waals surface area contributed by atoms with Gasteiger partial charge in [0.05, 0.1) is 11.9 Å². The van der Waals surface area contributed by atoms with Gasteiger partial charge in [-0.25, -0.2) is 9.51 Å². The van der Waals surface area contributed by atoms with Gasteiger partial charge in [0.25, 0.3) is 0 Å². The third-order valence-corrected chi connectivity index (χ3v) is 4.99. The fraction of sp³-hybridized carbons (Fsp3) is 0.400. The van der Waals surface area contributed by atoms with Crippen LogP contribution in [0.4, 0.5) is 11.5 Å². The summed E-state index contributed by atoms with van der Waals surface area (Å²) in [4.78, 5) is 19.3. The number of hydrogen-bond donors (Lipinski definition) is 2. The molecule has 7 heteroatoms. The van der Waals surface area contributed by atoms with E-state index in [2.05, 4.69) is 20.3 Å². The summed E-state index contributed by atoms with van der Waals surface area (Å²) < 4.78 is 1.78. The molecule has 2 aromatic rings. The van der Waals surface area contributed by atoms with Crippen LogP contribution in [0.25, 0.3) is 5.52 Å². The first kappa shape index (κ1) is 17.6. The van der Waals surface area contributed by atoms with Crippen LogP contribution in [0.3, 0.4) is 0 Å². The Morgan fingerprint density at radius 3 is 2.85 bits per heavy atom. The first-order valence-electron chi connectivity index (χ1n) is 9.52. The van der Waals surface area contributed by atoms with Gasteiger partial charge in [-0.2, -0.15) is 0 Å². The maximum absolute atomic E-state index is 12.2. The van der Waals surface area contributed by atoms with E-state index in [1.807, 2.05) is 24.4 Å². The van der Waals surface area contributed by atoms with Gasteiger partial charge in [0.1, 0.15) is 11.4 Å². The topological polar surface area (TPSA) is 85.8 Å². The predicted molar refractivity (Wildman–Crippen MR) is 108 cm³/mol. The Morgan fingerprint density at radius 2 is 2.04 bits per heavy atom. The number of Topliss-reactive ketones (excluding diaryl/α,β-unsaturated/α-hetero) is 1. The van der Waals surface area contributed by atoms with Crippen molar-refractivity contribution in [3.05, 3.63) is 36.5 Å². The maximum Gasteiger partial charge on any atom is 0.187 e. The fourth-order valence-electron chi connectivity index (χ4n) is 3.55. The second-order valence-electron chi connectivity index (χ2n) is 7.01. The molecule has 1 fully saturated rings. The second-order valence-corrected chi connectivity index (χ2v) is 7.01. The van der Waals surface area contributed by atoms with Gasteiger partial charge in [-0.15, -0.1) is 5.10 Å². The standard InChI is InChI=1S/C20H24N6O/c21-15-7-8-16(18(27)14-15)23-19-17-6-2-5-12-26(17)24-20(19)22-9-13-25-10-3-1-4-11-25/h2,5-8,12,21H,1,3-4,9-11,13-14H2,(H,22,24). The molecule has 0 unspecified atom stereocenters. The van der Waals surface area contributed by atoms with Crippen LogP contribution in [-0.4, -0.2) is 57.9 Å². The highest BCUT2D eigenvalue weighted by molar-refractivity contribution is 6.50. The maximum atomic E-state index is 12.2. The summed E-state index contributed by atoms with van der Waals surface area (Å²) in [6.45, 7) is 4.08. The lowest BCUT2D eigenvalue weighted by atomic mass is 10.0. The largest absolute Gasteiger partial charge is 0.365 e. The van der Waals surface area contributed by atoms with Gasteiger partial charge in [-0.1, -0.05) is 12.5 Å². The molecule has 3 heterocycles. The molecule has 0 bridgehead atoms. The van der Waals surface area contributed by atoms with Gasteiger partial charge in [-0.3, -0.25) is 4.79 Å². The SMILES string of the molecule is N=C1C=CC(=Nc2c(NCCN3CCCCC3)nn3ccccc23)C(=O)C1. The number of allylic oxidation sites excluding steroid dienone is 2. The summed E-state index contributed by atoms with van der Waals surface area (Å²) in [5.74, 6) is 0.560. The van der Waals surface area contributed by atoms with Gasteiger partial charge in [0.2, 0.25) is 0 Å². The summed E-state index contributed by atoms with van der Waals surface area (Å²) in [5.41, 5.74) is 2.23. The van der Waals surface area contributed by atoms with E-state index < -0.39 is 0 Å². The molecule has 1 aliphatic carbocycles. The highest BCUT2D eigenvalue weighted by Gasteiger charge is 2.19. The minimum Gasteiger partial charge on any atom is -0.365 e. The van der Waals surface area contributed by atoms with E-state index in [-0.39, 0.29) is 12.2 Å². The zero-order chi connectivity index (χ0) is 18.6. The molecule has 27 heavy (non-hydrogen) atoms. The molecule has 4 rings (SSSR count). The normalized spacial score (nSPS) is 19.9. The molecule has 0 atom stereocenters. The number of pyridine rings is 1. The Bertz CT molecular complexity index is 920. The molecule has 2 aliphatic rings. The molecule has 0 spiro atoms. The summed E-state index contributed by atoms with van der Waals surface area (Å²) in [5, 5.41) is 15.6. The molecule has 2 N–H and O–H groups in total. The summed E-state index contributed by atoms with van der Waals surface area (Å²) in [7, 11) is 0. The number of aliphatic imine (C=N–C) groups is 1. The van der Waals surface area contributed by atoms with Crippen LogP contribution in [0.15, 0.2) is 41.5 Å². The smallest absolute Gasteiger partial charge is 0.187 e. The van der Waals surface area contributed by atoms with E-state index in [0.717, 1.165) is 31.7 Å². The van der Waals surface area contributed by atoms with Crippen molar-refractivity contribution in [1.29, 1.82) is 5.41 Å². The molecular weight excluding hydrogens is 340 g/mol. The zero-order valence-corrected chi connectivity index (χ0v) is 15.3. The van der Waals surface area contributed by atoms with Crippen molar-refractivity contribution in [3.63, 3.8) is 0 Å². The van der Waals surface area contributed by atoms with E-state index in [4.69, 9.17) is 5.41 Å². The quantitative estimate of drug-likeness (QED) is 0.854. The van der Waals surface area contributed by atoms with E-state index in [1.165, 1.54) is 19.3 Å². The number of piperidine rings is 1. The average molecular weight is 364 g/mol. The van der Waals surface area contributed by atoms with Crippen LogP contribution < -0.4 is 5.32 Å². The zero-order valence-electron chi connectivity index (χ0n) is 15.3. The number of carbonyl (C=O) groups is 1. The lowest BCUT2D eigenvalue weighted by Crippen LogP contribution is -2.33. The monoisotopic (exact) mass is 364 g/mol. The number of hydrogen-bond acceptors (Lipinski definition) is 6. The van der Waals surface area contributed by atoms with E-state index >= 15 is 0 Å². The number of carbonyl (C=O) groups excluding carboxylic acids is 1. The van der Waals surface area contributed by atoms with Gasteiger partial charge in [0, 0.05) is 25.0 Å². The van der Waals surface area contributed by atoms with Gasteiger partial charge < -0.3 is 15.6 Å². The molecule has 0 saturated carbocycles. The molecule has 7 nitrogen and oxygen atoms in total. The Labute approximate surface area is 158 Å². The summed E-state index contributed by atoms with van der Waals surface area (Å²) in [6.07, 6.45) is 9.12. The summed E-state index contributed by atoms with van der Waals surface area (Å²) in [6, 6.07) is 5.80. The minimum atomic E-state index is -0.128. The summed E-state index contributed by atoms with van der Waals surface area (Å²) >= 11 is 0. The molecule has 140 valence electrons. The highest BCUT2D eigenvalue weighted by Crippen LogP contribution is 2.30. The van der Waals surface area contributed by atoms with Crippen LogP contribution in [0.5, 0.6) is 0 Å². The van der Waals surface area contributed by atoms with Crippen LogP contribution >= 0.6 is 0 Å². The first-order valence-corrected chi connectivity index (χ1v) is 9.52. The van der Waals surface area contributed by atoms with Crippen molar-refractivity contribution in [2.24, 2.45) is 4.99 Å². The average Bonchev–Trinajstić information content (AvgIpc) is 3.02. The Kier molecular flexibility index (Phi) is 5.11. The third kappa shape index (κ3) is 3.98. The predicted octanol–water partition coefficient (Wildman–Crippen LogP) is 2.85. The van der Waals surface area contributed by atoms with Crippen LogP contribution in [-0.2, 0) is 4.79 Å². The van der Waals surface area contributed by atoms with Crippen LogP contribution in [0, 0.1) is 5.41 Å². The van der Waals surface area contributed by atoms with Gasteiger partial charge in [0.15, 0.2) is 11.6 Å². The number of ketones is 1. The molecule has 0 amide bonds. The number of nitrogens with zero attached hydrogens (tertiary/aromatic N) is 4. The van der Waals surface area contributed by atoms with Crippen molar-refractivity contribution in [1.82, 2.24) is 14.5 Å². The Balaban J connectivity index is 1.58. The number of rotatable bonds is 5. The van der Waals surface area contributed by atoms with Crippen molar-refractivity contribution in [3.8, 4) is 0 Å². The van der Waals surface area contributed by atoms with Crippen LogP contribution in [0.1, 0.15) is 25.7 Å². The van der Waals surface area contributed by atoms with Crippen molar-refractivity contribution in [2.45, 2.75) is 25.7 Å². The van der Waals surface area contributed by atoms with Crippen molar-refractivity contribution < 1.29 is 4.79 Å². The van der Waals surface area contributed by atoms with E-state index in [0.29, 0.717) is 22.9 Å². The van der Waals surface area contributed by atoms with Crippen molar-refractivity contribution >= 4 is 34.2 Å². The fourth-order valence-corrected chi connectivity index (χ4v) is 3.55. The highest BCUT2D eigenvalue weighted by atomic mass is 16.1. The minimum absolute atomic E-state index is 0.103. The number of fused-ring (bicyclic) bond motifs is 1. The Morgan fingerprint density at radius 1 is 1.19 bits per heavy atom. The van der Waals surface area contributed by atoms with E-state index in [1.54, 1.807) is 16.7 Å². The molecular formula is C20H24N6O. The third-order valence-electron chi connectivity index (χ3n) is 4.99. The molecule has 1 aliphatic heterocycles. The lowest BCUT2D eigenvalue weighted by molar-refractivity contribution is -0.111. The first-order chi connectivity index (χ1) is 13.2. The number of aromatic nitrogens is 2. The molecule has 0 radical (unpaired) electrons. The molecule has 1 saturated heterocycles. The Hall–Kier alpha value is -2.80. The molecule has 2 aromatic heterocycles. The van der Waals surface area contributed by atoms with Gasteiger partial charge >= 0.3 is 0 Å². The van der Waals surface area contributed by atoms with Gasteiger partial charge in [-0.05, 0) is 50.2 Å². The van der Waals surface area contributed by atoms with E-state index in [9.17, 15) is 4.79 Å². The second kappa shape index (κ2) is 7.84. The number of likely N-dealkylation sites (tertiary alicyclic amines) is 1. The lowest BCUT2D eigenvalue weighted by Gasteiger charge is -2.26. The van der Waals surface area contributed by atoms with Crippen LogP contribution in [0.2, 0.25) is 0 Å². The molecule has 0 aromatic carbocycles. The van der Waals surface area contributed by atoms with Crippen molar-refractivity contribution in [2.75, 3.05) is 31.5 Å². The number of nitrogens with one attached hydrogen (secondary N) is 2.